The lowest BCUT2D eigenvalue weighted by atomic mass is 10.2. The third kappa shape index (κ3) is 5.14. The Bertz CT molecular complexity index is 1400. The van der Waals surface area contributed by atoms with Crippen LogP contribution >= 0.6 is 11.6 Å². The van der Waals surface area contributed by atoms with Gasteiger partial charge in [0.25, 0.3) is 5.56 Å². The molecule has 0 bridgehead atoms. The van der Waals surface area contributed by atoms with Gasteiger partial charge >= 0.3 is 12.4 Å². The Morgan fingerprint density at radius 1 is 1.23 bits per heavy atom. The fourth-order valence-electron chi connectivity index (χ4n) is 3.14. The number of ether oxygens (including phenoxy) is 3. The number of nitrogens with one attached hydrogen (secondary N) is 1. The normalized spacial score (nSPS) is 14.1. The molecule has 3 heterocycles. The zero-order chi connectivity index (χ0) is 25.7. The van der Waals surface area contributed by atoms with Gasteiger partial charge in [0.1, 0.15) is 12.1 Å². The lowest BCUT2D eigenvalue weighted by Crippen LogP contribution is -2.35. The SMILES string of the molecule is CN(C(=O)Cn1nc(Cl)c2oc(NC(=O)OC(C)(C)C)cc2c1=O)c1ccc2c(c1)OC(F)(F)O2. The molecule has 2 amide bonds. The van der Waals surface area contributed by atoms with E-state index in [2.05, 4.69) is 19.9 Å². The highest BCUT2D eigenvalue weighted by Crippen LogP contribution is 2.42. The Morgan fingerprint density at radius 3 is 2.60 bits per heavy atom. The predicted molar refractivity (Wildman–Crippen MR) is 119 cm³/mol. The van der Waals surface area contributed by atoms with Gasteiger partial charge in [0, 0.05) is 24.9 Å². The maximum atomic E-state index is 13.2. The number of rotatable bonds is 4. The number of aromatic nitrogens is 2. The molecule has 0 saturated heterocycles. The lowest BCUT2D eigenvalue weighted by molar-refractivity contribution is -0.286. The topological polar surface area (TPSA) is 125 Å². The standard InChI is InChI=1S/C21H19ClF2N4O7/c1-20(2,3)35-19(31)25-14-8-11-16(32-14)17(22)26-28(18(11)30)9-15(29)27(4)10-5-6-12-13(7-10)34-21(23,24)33-12/h5-8H,9H2,1-4H3,(H,25,31). The van der Waals surface area contributed by atoms with Gasteiger partial charge in [-0.15, -0.1) is 8.78 Å². The second kappa shape index (κ2) is 8.41. The Kier molecular flexibility index (Phi) is 5.83. The molecule has 0 radical (unpaired) electrons. The third-order valence-corrected chi connectivity index (χ3v) is 4.90. The average molecular weight is 513 g/mol. The van der Waals surface area contributed by atoms with Crippen molar-refractivity contribution in [3.8, 4) is 11.5 Å². The monoisotopic (exact) mass is 512 g/mol. The van der Waals surface area contributed by atoms with Crippen molar-refractivity contribution in [3.05, 3.63) is 39.8 Å². The van der Waals surface area contributed by atoms with Crippen LogP contribution in [0.2, 0.25) is 5.15 Å². The van der Waals surface area contributed by atoms with Crippen LogP contribution in [-0.2, 0) is 16.1 Å². The number of halogens is 3. The molecule has 0 unspecified atom stereocenters. The molecule has 1 aliphatic heterocycles. The van der Waals surface area contributed by atoms with E-state index in [-0.39, 0.29) is 39.2 Å². The van der Waals surface area contributed by atoms with Crippen LogP contribution in [0, 0.1) is 0 Å². The van der Waals surface area contributed by atoms with E-state index in [4.69, 9.17) is 20.8 Å². The van der Waals surface area contributed by atoms with E-state index in [9.17, 15) is 23.2 Å². The minimum Gasteiger partial charge on any atom is -0.444 e. The average Bonchev–Trinajstić information content (AvgIpc) is 3.28. The van der Waals surface area contributed by atoms with E-state index in [0.717, 1.165) is 9.58 Å². The maximum Gasteiger partial charge on any atom is 0.586 e. The first-order valence-electron chi connectivity index (χ1n) is 10.1. The van der Waals surface area contributed by atoms with Crippen molar-refractivity contribution < 1.29 is 37.0 Å². The van der Waals surface area contributed by atoms with Gasteiger partial charge in [0.05, 0.1) is 5.39 Å². The van der Waals surface area contributed by atoms with Crippen LogP contribution < -0.4 is 25.2 Å². The molecule has 0 fully saturated rings. The van der Waals surface area contributed by atoms with Crippen LogP contribution in [0.15, 0.2) is 33.5 Å². The number of anilines is 2. The highest BCUT2D eigenvalue weighted by atomic mass is 35.5. The Balaban J connectivity index is 1.54. The van der Waals surface area contributed by atoms with E-state index in [0.29, 0.717) is 0 Å². The molecule has 0 atom stereocenters. The summed E-state index contributed by atoms with van der Waals surface area (Å²) in [5, 5.41) is 5.99. The van der Waals surface area contributed by atoms with Gasteiger partial charge in [-0.2, -0.15) is 5.10 Å². The number of alkyl halides is 2. The van der Waals surface area contributed by atoms with Crippen LogP contribution in [-0.4, -0.2) is 40.7 Å². The van der Waals surface area contributed by atoms with Crippen LogP contribution in [0.4, 0.5) is 25.1 Å². The number of carbonyl (C=O) groups is 2. The zero-order valence-corrected chi connectivity index (χ0v) is 19.6. The summed E-state index contributed by atoms with van der Waals surface area (Å²) in [5.74, 6) is -1.13. The van der Waals surface area contributed by atoms with Crippen molar-refractivity contribution in [2.24, 2.45) is 0 Å². The molecule has 0 aliphatic carbocycles. The van der Waals surface area contributed by atoms with Gasteiger partial charge in [-0.3, -0.25) is 14.9 Å². The highest BCUT2D eigenvalue weighted by Gasteiger charge is 2.43. The molecule has 186 valence electrons. The van der Waals surface area contributed by atoms with Crippen LogP contribution in [0.5, 0.6) is 11.5 Å². The molecule has 1 aromatic carbocycles. The van der Waals surface area contributed by atoms with Gasteiger partial charge in [-0.05, 0) is 32.9 Å². The molecular formula is C21H19ClF2N4O7. The first-order chi connectivity index (χ1) is 16.2. The highest BCUT2D eigenvalue weighted by molar-refractivity contribution is 6.33. The molecule has 14 heteroatoms. The van der Waals surface area contributed by atoms with Gasteiger partial charge in [0.2, 0.25) is 11.8 Å². The van der Waals surface area contributed by atoms with Crippen LogP contribution in [0.3, 0.4) is 0 Å². The molecule has 2 aromatic heterocycles. The number of hydrogen-bond acceptors (Lipinski definition) is 8. The number of furan rings is 1. The van der Waals surface area contributed by atoms with Gasteiger partial charge in [-0.25, -0.2) is 9.48 Å². The second-order valence-electron chi connectivity index (χ2n) is 8.49. The number of hydrogen-bond donors (Lipinski definition) is 1. The van der Waals surface area contributed by atoms with Crippen LogP contribution in [0.1, 0.15) is 20.8 Å². The lowest BCUT2D eigenvalue weighted by Gasteiger charge is -2.18. The summed E-state index contributed by atoms with van der Waals surface area (Å²) < 4.78 is 46.6. The smallest absolute Gasteiger partial charge is 0.444 e. The summed E-state index contributed by atoms with van der Waals surface area (Å²) in [6.07, 6.45) is -4.60. The van der Waals surface area contributed by atoms with Crippen molar-refractivity contribution in [2.75, 3.05) is 17.3 Å². The molecule has 3 aromatic rings. The van der Waals surface area contributed by atoms with E-state index in [1.54, 1.807) is 20.8 Å². The van der Waals surface area contributed by atoms with Crippen molar-refractivity contribution in [2.45, 2.75) is 39.2 Å². The van der Waals surface area contributed by atoms with E-state index >= 15 is 0 Å². The second-order valence-corrected chi connectivity index (χ2v) is 8.84. The van der Waals surface area contributed by atoms with Gasteiger partial charge in [-0.1, -0.05) is 11.6 Å². The van der Waals surface area contributed by atoms with E-state index in [1.807, 2.05) is 0 Å². The number of amides is 2. The molecule has 0 saturated carbocycles. The molecular weight excluding hydrogens is 494 g/mol. The van der Waals surface area contributed by atoms with Crippen molar-refractivity contribution in [1.82, 2.24) is 9.78 Å². The van der Waals surface area contributed by atoms with Crippen LogP contribution in [0.25, 0.3) is 11.0 Å². The fraction of sp³-hybridized carbons (Fsp3) is 0.333. The summed E-state index contributed by atoms with van der Waals surface area (Å²) >= 11 is 6.13. The van der Waals surface area contributed by atoms with Gasteiger partial charge < -0.3 is 23.5 Å². The summed E-state index contributed by atoms with van der Waals surface area (Å²) in [5.41, 5.74) is -1.34. The number of benzene rings is 1. The first kappa shape index (κ1) is 24.3. The summed E-state index contributed by atoms with van der Waals surface area (Å²) in [4.78, 5) is 38.8. The number of fused-ring (bicyclic) bond motifs is 2. The third-order valence-electron chi connectivity index (χ3n) is 4.65. The minimum atomic E-state index is -3.80. The quantitative estimate of drug-likeness (QED) is 0.556. The molecule has 11 nitrogen and oxygen atoms in total. The zero-order valence-electron chi connectivity index (χ0n) is 18.8. The largest absolute Gasteiger partial charge is 0.586 e. The summed E-state index contributed by atoms with van der Waals surface area (Å²) in [7, 11) is 1.38. The molecule has 1 aliphatic rings. The summed E-state index contributed by atoms with van der Waals surface area (Å²) in [6, 6.07) is 5.04. The maximum absolute atomic E-state index is 13.2. The van der Waals surface area contributed by atoms with Crippen molar-refractivity contribution in [3.63, 3.8) is 0 Å². The number of carbonyl (C=O) groups excluding carboxylic acids is 2. The van der Waals surface area contributed by atoms with Crippen molar-refractivity contribution >= 4 is 46.1 Å². The van der Waals surface area contributed by atoms with Crippen molar-refractivity contribution in [1.29, 1.82) is 0 Å². The molecule has 1 N–H and O–H groups in total. The first-order valence-corrected chi connectivity index (χ1v) is 10.5. The minimum absolute atomic E-state index is 0.0307. The molecule has 35 heavy (non-hydrogen) atoms. The van der Waals surface area contributed by atoms with E-state index in [1.165, 1.54) is 31.3 Å². The Labute approximate surface area is 201 Å². The molecule has 0 spiro atoms. The Morgan fingerprint density at radius 2 is 1.91 bits per heavy atom. The summed E-state index contributed by atoms with van der Waals surface area (Å²) in [6.45, 7) is 4.50. The van der Waals surface area contributed by atoms with E-state index < -0.39 is 36.0 Å². The van der Waals surface area contributed by atoms with Gasteiger partial charge in [0.15, 0.2) is 22.2 Å². The fourth-order valence-corrected chi connectivity index (χ4v) is 3.37. The predicted octanol–water partition coefficient (Wildman–Crippen LogP) is 3.97. The Hall–Kier alpha value is -3.87. The number of nitrogens with zero attached hydrogens (tertiary/aromatic N) is 3. The molecule has 4 rings (SSSR count). The number of likely N-dealkylation sites (N-methyl/N-ethyl adjacent to an activating group) is 1.